The van der Waals surface area contributed by atoms with Crippen LogP contribution in [0.25, 0.3) is 11.1 Å². The molecular weight excluding hydrogens is 259 g/mol. The van der Waals surface area contributed by atoms with Crippen molar-refractivity contribution in [1.82, 2.24) is 0 Å². The van der Waals surface area contributed by atoms with E-state index in [0.29, 0.717) is 5.56 Å². The van der Waals surface area contributed by atoms with Gasteiger partial charge in [0.1, 0.15) is 5.82 Å². The van der Waals surface area contributed by atoms with Crippen LogP contribution < -0.4 is 0 Å². The maximum Gasteiger partial charge on any atom is 0.134 e. The van der Waals surface area contributed by atoms with Crippen molar-refractivity contribution in [3.8, 4) is 11.1 Å². The molecule has 1 heteroatoms. The molecule has 0 N–H and O–H groups in total. The monoisotopic (exact) mass is 284 g/mol. The molecule has 0 saturated carbocycles. The molecule has 2 rings (SSSR count). The second-order valence-corrected chi connectivity index (χ2v) is 7.74. The van der Waals surface area contributed by atoms with Crippen LogP contribution in [0, 0.1) is 5.82 Å². The number of rotatable bonds is 1. The maximum absolute atomic E-state index is 14.8. The van der Waals surface area contributed by atoms with E-state index in [1.165, 1.54) is 5.56 Å². The fourth-order valence-corrected chi connectivity index (χ4v) is 2.48. The van der Waals surface area contributed by atoms with Crippen molar-refractivity contribution >= 4 is 0 Å². The molecule has 2 aromatic rings. The Morgan fingerprint density at radius 3 is 1.76 bits per heavy atom. The van der Waals surface area contributed by atoms with Crippen molar-refractivity contribution in [2.75, 3.05) is 0 Å². The van der Waals surface area contributed by atoms with Crippen LogP contribution in [0.3, 0.4) is 0 Å². The molecule has 0 fully saturated rings. The summed E-state index contributed by atoms with van der Waals surface area (Å²) in [5.41, 5.74) is 3.57. The Bertz CT molecular complexity index is 622. The molecule has 0 radical (unpaired) electrons. The predicted octanol–water partition coefficient (Wildman–Crippen LogP) is 6.09. The lowest BCUT2D eigenvalue weighted by Crippen LogP contribution is -2.14. The Hall–Kier alpha value is -1.63. The molecule has 112 valence electrons. The van der Waals surface area contributed by atoms with E-state index in [1.54, 1.807) is 0 Å². The fraction of sp³-hybridized carbons (Fsp3) is 0.400. The molecule has 21 heavy (non-hydrogen) atoms. The Morgan fingerprint density at radius 1 is 0.714 bits per heavy atom. The smallest absolute Gasteiger partial charge is 0.134 e. The van der Waals surface area contributed by atoms with Gasteiger partial charge in [-0.15, -0.1) is 0 Å². The summed E-state index contributed by atoms with van der Waals surface area (Å²) in [5.74, 6) is -0.103. The molecule has 0 spiro atoms. The molecule has 0 aliphatic carbocycles. The van der Waals surface area contributed by atoms with E-state index in [-0.39, 0.29) is 16.6 Å². The van der Waals surface area contributed by atoms with E-state index in [0.717, 1.165) is 11.1 Å². The molecule has 0 aliphatic heterocycles. The van der Waals surface area contributed by atoms with Gasteiger partial charge in [0.2, 0.25) is 0 Å². The first-order chi connectivity index (χ1) is 9.60. The van der Waals surface area contributed by atoms with Gasteiger partial charge in [0.15, 0.2) is 0 Å². The van der Waals surface area contributed by atoms with E-state index >= 15 is 0 Å². The van der Waals surface area contributed by atoms with Gasteiger partial charge < -0.3 is 0 Å². The lowest BCUT2D eigenvalue weighted by atomic mass is 9.83. The molecule has 2 aromatic carbocycles. The largest absolute Gasteiger partial charge is 0.206 e. The molecule has 0 bridgehead atoms. The third-order valence-electron chi connectivity index (χ3n) is 3.87. The molecule has 0 saturated heterocycles. The highest BCUT2D eigenvalue weighted by Crippen LogP contribution is 2.32. The average Bonchev–Trinajstić information content (AvgIpc) is 2.37. The number of benzene rings is 2. The van der Waals surface area contributed by atoms with Crippen LogP contribution in [-0.4, -0.2) is 0 Å². The summed E-state index contributed by atoms with van der Waals surface area (Å²) in [6.07, 6.45) is 0. The van der Waals surface area contributed by atoms with Gasteiger partial charge in [-0.25, -0.2) is 4.39 Å². The number of halogens is 1. The topological polar surface area (TPSA) is 0 Å². The highest BCUT2D eigenvalue weighted by molar-refractivity contribution is 5.66. The summed E-state index contributed by atoms with van der Waals surface area (Å²) >= 11 is 0. The zero-order valence-electron chi connectivity index (χ0n) is 13.9. The van der Waals surface area contributed by atoms with Crippen molar-refractivity contribution in [3.05, 3.63) is 59.4 Å². The molecule has 0 amide bonds. The zero-order valence-corrected chi connectivity index (χ0v) is 13.9. The molecule has 0 aromatic heterocycles. The van der Waals surface area contributed by atoms with E-state index in [4.69, 9.17) is 0 Å². The summed E-state index contributed by atoms with van der Waals surface area (Å²) in [6, 6.07) is 13.9. The quantitative estimate of drug-likeness (QED) is 0.594. The average molecular weight is 284 g/mol. The Balaban J connectivity index is 2.48. The standard InChI is InChI=1S/C20H25F/c1-19(2,3)15-12-10-14(11-13-15)16-8-7-9-17(18(16)21)20(4,5)6/h7-13H,1-6H3. The van der Waals surface area contributed by atoms with E-state index in [9.17, 15) is 4.39 Å². The first-order valence-corrected chi connectivity index (χ1v) is 7.50. The van der Waals surface area contributed by atoms with Crippen molar-refractivity contribution in [2.45, 2.75) is 52.4 Å². The van der Waals surface area contributed by atoms with E-state index in [1.807, 2.05) is 51.1 Å². The lowest BCUT2D eigenvalue weighted by Gasteiger charge is -2.22. The van der Waals surface area contributed by atoms with Crippen LogP contribution in [0.1, 0.15) is 52.7 Å². The van der Waals surface area contributed by atoms with Crippen molar-refractivity contribution in [3.63, 3.8) is 0 Å². The summed E-state index contributed by atoms with van der Waals surface area (Å²) in [6.45, 7) is 12.7. The normalized spacial score (nSPS) is 12.5. The minimum Gasteiger partial charge on any atom is -0.206 e. The minimum atomic E-state index is -0.189. The lowest BCUT2D eigenvalue weighted by molar-refractivity contribution is 0.525. The molecule has 0 atom stereocenters. The summed E-state index contributed by atoms with van der Waals surface area (Å²) in [7, 11) is 0. The molecular formula is C20H25F. The van der Waals surface area contributed by atoms with Gasteiger partial charge in [-0.3, -0.25) is 0 Å². The summed E-state index contributed by atoms with van der Waals surface area (Å²) < 4.78 is 14.8. The summed E-state index contributed by atoms with van der Waals surface area (Å²) in [4.78, 5) is 0. The number of hydrogen-bond acceptors (Lipinski definition) is 0. The minimum absolute atomic E-state index is 0.103. The Kier molecular flexibility index (Phi) is 3.97. The highest BCUT2D eigenvalue weighted by atomic mass is 19.1. The zero-order chi connectivity index (χ0) is 15.8. The van der Waals surface area contributed by atoms with Crippen LogP contribution in [0.5, 0.6) is 0 Å². The number of hydrogen-bond donors (Lipinski definition) is 0. The molecule has 0 aliphatic rings. The second kappa shape index (κ2) is 5.29. The summed E-state index contributed by atoms with van der Waals surface area (Å²) in [5, 5.41) is 0. The van der Waals surface area contributed by atoms with Crippen LogP contribution in [0.4, 0.5) is 4.39 Å². The third-order valence-corrected chi connectivity index (χ3v) is 3.87. The first-order valence-electron chi connectivity index (χ1n) is 7.50. The SMILES string of the molecule is CC(C)(C)c1ccc(-c2cccc(C(C)(C)C)c2F)cc1. The van der Waals surface area contributed by atoms with Gasteiger partial charge in [0.05, 0.1) is 0 Å². The molecule has 0 nitrogen and oxygen atoms in total. The second-order valence-electron chi connectivity index (χ2n) is 7.74. The Morgan fingerprint density at radius 2 is 1.29 bits per heavy atom. The van der Waals surface area contributed by atoms with Crippen LogP contribution in [0.15, 0.2) is 42.5 Å². The third kappa shape index (κ3) is 3.34. The first kappa shape index (κ1) is 15.8. The van der Waals surface area contributed by atoms with Gasteiger partial charge in [-0.1, -0.05) is 84.0 Å². The van der Waals surface area contributed by atoms with Gasteiger partial charge in [-0.2, -0.15) is 0 Å². The van der Waals surface area contributed by atoms with Crippen molar-refractivity contribution < 1.29 is 4.39 Å². The maximum atomic E-state index is 14.8. The Labute approximate surface area is 128 Å². The van der Waals surface area contributed by atoms with Crippen LogP contribution in [-0.2, 0) is 10.8 Å². The van der Waals surface area contributed by atoms with Crippen LogP contribution in [0.2, 0.25) is 0 Å². The van der Waals surface area contributed by atoms with E-state index < -0.39 is 0 Å². The van der Waals surface area contributed by atoms with Gasteiger partial charge in [-0.05, 0) is 27.5 Å². The van der Waals surface area contributed by atoms with Crippen molar-refractivity contribution in [2.24, 2.45) is 0 Å². The highest BCUT2D eigenvalue weighted by Gasteiger charge is 2.21. The molecule has 0 heterocycles. The van der Waals surface area contributed by atoms with Gasteiger partial charge in [0, 0.05) is 5.56 Å². The van der Waals surface area contributed by atoms with E-state index in [2.05, 4.69) is 32.9 Å². The van der Waals surface area contributed by atoms with Gasteiger partial charge in [0.25, 0.3) is 0 Å². The predicted molar refractivity (Wildman–Crippen MR) is 89.2 cm³/mol. The molecule has 0 unspecified atom stereocenters. The van der Waals surface area contributed by atoms with Crippen molar-refractivity contribution in [1.29, 1.82) is 0 Å². The van der Waals surface area contributed by atoms with Gasteiger partial charge >= 0.3 is 0 Å². The fourth-order valence-electron chi connectivity index (χ4n) is 2.48. The van der Waals surface area contributed by atoms with Crippen LogP contribution >= 0.6 is 0 Å².